The molecule has 1 aliphatic heterocycles. The zero-order valence-corrected chi connectivity index (χ0v) is 21.6. The first-order chi connectivity index (χ1) is 15.7. The minimum absolute atomic E-state index is 0.154. The Kier molecular flexibility index (Phi) is 7.47. The van der Waals surface area contributed by atoms with Crippen LogP contribution in [0.4, 0.5) is 13.2 Å². The summed E-state index contributed by atoms with van der Waals surface area (Å²) < 4.78 is 39.0. The lowest BCUT2D eigenvalue weighted by atomic mass is 9.85. The number of nitrogens with zero attached hydrogens (tertiary/aromatic N) is 1. The minimum Gasteiger partial charge on any atom is -0.336 e. The summed E-state index contributed by atoms with van der Waals surface area (Å²) in [5.41, 5.74) is -1.78. The Morgan fingerprint density at radius 3 is 2.00 bits per heavy atom. The van der Waals surface area contributed by atoms with E-state index in [-0.39, 0.29) is 23.8 Å². The molecule has 11 heteroatoms. The second-order valence-corrected chi connectivity index (χ2v) is 11.7. The molecule has 0 aromatic heterocycles. The highest BCUT2D eigenvalue weighted by Crippen LogP contribution is 2.74. The minimum atomic E-state index is -5.16. The summed E-state index contributed by atoms with van der Waals surface area (Å²) in [6, 6.07) is -2.48. The van der Waals surface area contributed by atoms with Crippen molar-refractivity contribution in [2.75, 3.05) is 6.54 Å². The zero-order valence-electron chi connectivity index (χ0n) is 21.6. The van der Waals surface area contributed by atoms with E-state index in [2.05, 4.69) is 17.2 Å². The number of halogens is 3. The molecule has 35 heavy (non-hydrogen) atoms. The van der Waals surface area contributed by atoms with Gasteiger partial charge in [0.05, 0.1) is 0 Å². The highest BCUT2D eigenvalue weighted by molar-refractivity contribution is 5.95. The first kappa shape index (κ1) is 28.6. The first-order valence-corrected chi connectivity index (χ1v) is 11.6. The predicted octanol–water partition coefficient (Wildman–Crippen LogP) is 2.35. The van der Waals surface area contributed by atoms with E-state index in [4.69, 9.17) is 0 Å². The smallest absolute Gasteiger partial charge is 0.336 e. The van der Waals surface area contributed by atoms with E-state index in [1.165, 1.54) is 4.90 Å². The van der Waals surface area contributed by atoms with Gasteiger partial charge in [0.15, 0.2) is 0 Å². The maximum absolute atomic E-state index is 13.6. The van der Waals surface area contributed by atoms with Crippen molar-refractivity contribution in [2.45, 2.75) is 79.8 Å². The van der Waals surface area contributed by atoms with Gasteiger partial charge in [0.1, 0.15) is 18.2 Å². The molecule has 198 valence electrons. The Balaban J connectivity index is 2.39. The second kappa shape index (κ2) is 9.13. The van der Waals surface area contributed by atoms with Crippen molar-refractivity contribution < 1.29 is 32.3 Å². The Morgan fingerprint density at radius 1 is 1.03 bits per heavy atom. The molecule has 4 amide bonds. The van der Waals surface area contributed by atoms with Gasteiger partial charge in [-0.15, -0.1) is 0 Å². The standard InChI is InChI=1S/C24H37F3N4O4/c1-10-13(32)28-17(12(2)3)30-18(33)14-15-22(7,8)23(15,9)11-31(14)19(34)16(21(4,5)6)29-20(35)24(25,26)27/h10,12,14-17H,1,11H2,2-9H3,(H,28,32)(H,29,35)(H,30,33)/t14-,15-,16+,17?,23-/m0/s1. The number of carbonyl (C=O) groups is 4. The van der Waals surface area contributed by atoms with Crippen molar-refractivity contribution in [2.24, 2.45) is 28.1 Å². The normalized spacial score (nSPS) is 26.9. The molecular formula is C24H37F3N4O4. The van der Waals surface area contributed by atoms with E-state index in [9.17, 15) is 32.3 Å². The quantitative estimate of drug-likeness (QED) is 0.367. The van der Waals surface area contributed by atoms with Gasteiger partial charge in [0.2, 0.25) is 17.7 Å². The molecule has 0 bridgehead atoms. The van der Waals surface area contributed by atoms with Crippen LogP contribution >= 0.6 is 0 Å². The van der Waals surface area contributed by atoms with Gasteiger partial charge >= 0.3 is 12.1 Å². The van der Waals surface area contributed by atoms with Crippen LogP contribution in [0.3, 0.4) is 0 Å². The fraction of sp³-hybridized carbons (Fsp3) is 0.750. The van der Waals surface area contributed by atoms with E-state index in [1.54, 1.807) is 34.6 Å². The first-order valence-electron chi connectivity index (χ1n) is 11.6. The van der Waals surface area contributed by atoms with Gasteiger partial charge < -0.3 is 20.9 Å². The summed E-state index contributed by atoms with van der Waals surface area (Å²) in [6.07, 6.45) is -4.83. The van der Waals surface area contributed by atoms with Gasteiger partial charge in [-0.2, -0.15) is 13.2 Å². The van der Waals surface area contributed by atoms with E-state index < -0.39 is 58.9 Å². The fourth-order valence-corrected chi connectivity index (χ4v) is 5.15. The van der Waals surface area contributed by atoms with E-state index in [1.807, 2.05) is 26.1 Å². The molecule has 2 fully saturated rings. The molecule has 0 aromatic carbocycles. The maximum Gasteiger partial charge on any atom is 0.471 e. The highest BCUT2D eigenvalue weighted by Gasteiger charge is 2.77. The molecule has 2 aliphatic rings. The third-order valence-electron chi connectivity index (χ3n) is 7.65. The van der Waals surface area contributed by atoms with E-state index in [0.29, 0.717) is 0 Å². The number of nitrogens with one attached hydrogen (secondary N) is 3. The van der Waals surface area contributed by atoms with Gasteiger partial charge in [-0.1, -0.05) is 62.0 Å². The summed E-state index contributed by atoms with van der Waals surface area (Å²) in [7, 11) is 0. The largest absolute Gasteiger partial charge is 0.471 e. The summed E-state index contributed by atoms with van der Waals surface area (Å²) in [5.74, 6) is -4.41. The lowest BCUT2D eigenvalue weighted by Gasteiger charge is -2.38. The number of likely N-dealkylation sites (tertiary alicyclic amines) is 1. The lowest BCUT2D eigenvalue weighted by Crippen LogP contribution is -2.62. The molecular weight excluding hydrogens is 465 g/mol. The van der Waals surface area contributed by atoms with Crippen LogP contribution in [0.2, 0.25) is 0 Å². The summed E-state index contributed by atoms with van der Waals surface area (Å²) >= 11 is 0. The van der Waals surface area contributed by atoms with Crippen LogP contribution in [-0.4, -0.2) is 59.5 Å². The van der Waals surface area contributed by atoms with Crippen molar-refractivity contribution in [1.82, 2.24) is 20.9 Å². The Morgan fingerprint density at radius 2 is 1.57 bits per heavy atom. The predicted molar refractivity (Wildman–Crippen MR) is 123 cm³/mol. The molecule has 2 rings (SSSR count). The Hall–Kier alpha value is -2.59. The number of rotatable bonds is 7. The average Bonchev–Trinajstić information content (AvgIpc) is 2.96. The number of piperidine rings is 1. The van der Waals surface area contributed by atoms with Crippen LogP contribution in [0.1, 0.15) is 55.4 Å². The molecule has 3 N–H and O–H groups in total. The summed E-state index contributed by atoms with van der Waals surface area (Å²) in [5, 5.41) is 7.26. The van der Waals surface area contributed by atoms with Crippen molar-refractivity contribution in [1.29, 1.82) is 0 Å². The SMILES string of the molecule is C=CC(=O)NC(NC(=O)[C@@H]1[C@H]2C(C)(C)[C@@]2(C)CN1C(=O)[C@@H](NC(=O)C(F)(F)F)C(C)(C)C)C(C)C. The fourth-order valence-electron chi connectivity index (χ4n) is 5.15. The van der Waals surface area contributed by atoms with E-state index in [0.717, 1.165) is 6.08 Å². The number of fused-ring (bicyclic) bond motifs is 1. The van der Waals surface area contributed by atoms with Gasteiger partial charge in [0, 0.05) is 12.5 Å². The van der Waals surface area contributed by atoms with Crippen LogP contribution in [0.25, 0.3) is 0 Å². The molecule has 0 aromatic rings. The molecule has 1 unspecified atom stereocenters. The second-order valence-electron chi connectivity index (χ2n) is 11.7. The zero-order chi connectivity index (χ0) is 27.3. The Bertz CT molecular complexity index is 909. The van der Waals surface area contributed by atoms with Crippen molar-refractivity contribution in [3.63, 3.8) is 0 Å². The van der Waals surface area contributed by atoms with Crippen LogP contribution in [0.5, 0.6) is 0 Å². The van der Waals surface area contributed by atoms with Crippen molar-refractivity contribution in [3.05, 3.63) is 12.7 Å². The molecule has 0 radical (unpaired) electrons. The lowest BCUT2D eigenvalue weighted by molar-refractivity contribution is -0.176. The van der Waals surface area contributed by atoms with Crippen LogP contribution in [-0.2, 0) is 19.2 Å². The van der Waals surface area contributed by atoms with Crippen LogP contribution in [0, 0.1) is 28.1 Å². The topological polar surface area (TPSA) is 108 Å². The average molecular weight is 503 g/mol. The number of amides is 4. The Labute approximate surface area is 204 Å². The summed E-state index contributed by atoms with van der Waals surface area (Å²) in [6.45, 7) is 17.7. The van der Waals surface area contributed by atoms with Crippen molar-refractivity contribution in [3.8, 4) is 0 Å². The monoisotopic (exact) mass is 502 g/mol. The van der Waals surface area contributed by atoms with Crippen molar-refractivity contribution >= 4 is 23.6 Å². The molecule has 1 saturated carbocycles. The number of carbonyl (C=O) groups excluding carboxylic acids is 4. The third-order valence-corrected chi connectivity index (χ3v) is 7.65. The third kappa shape index (κ3) is 5.33. The summed E-state index contributed by atoms with van der Waals surface area (Å²) in [4.78, 5) is 52.0. The molecule has 1 saturated heterocycles. The number of hydrogen-bond acceptors (Lipinski definition) is 4. The highest BCUT2D eigenvalue weighted by atomic mass is 19.4. The maximum atomic E-state index is 13.6. The number of alkyl halides is 3. The van der Waals surface area contributed by atoms with Gasteiger partial charge in [-0.3, -0.25) is 19.2 Å². The molecule has 5 atom stereocenters. The van der Waals surface area contributed by atoms with Gasteiger partial charge in [0.25, 0.3) is 0 Å². The van der Waals surface area contributed by atoms with Crippen LogP contribution in [0.15, 0.2) is 12.7 Å². The molecule has 8 nitrogen and oxygen atoms in total. The molecule has 1 heterocycles. The van der Waals surface area contributed by atoms with Crippen LogP contribution < -0.4 is 16.0 Å². The number of hydrogen-bond donors (Lipinski definition) is 3. The van der Waals surface area contributed by atoms with E-state index >= 15 is 0 Å². The molecule has 1 aliphatic carbocycles. The van der Waals surface area contributed by atoms with Gasteiger partial charge in [-0.25, -0.2) is 0 Å². The molecule has 0 spiro atoms. The van der Waals surface area contributed by atoms with Gasteiger partial charge in [-0.05, 0) is 28.2 Å².